The van der Waals surface area contributed by atoms with Crippen LogP contribution in [0.15, 0.2) is 91.0 Å². The second kappa shape index (κ2) is 10.9. The summed E-state index contributed by atoms with van der Waals surface area (Å²) in [6.45, 7) is -0.779. The molecule has 0 saturated carbocycles. The topological polar surface area (TPSA) is 108 Å². The van der Waals surface area contributed by atoms with E-state index in [1.807, 2.05) is 0 Å². The molecular weight excluding hydrogens is 452 g/mol. The Morgan fingerprint density at radius 2 is 1.20 bits per heavy atom. The van der Waals surface area contributed by atoms with Crippen LogP contribution >= 0.6 is 0 Å². The van der Waals surface area contributed by atoms with Crippen molar-refractivity contribution < 1.29 is 38.4 Å². The quantitative estimate of drug-likeness (QED) is 0.389. The molecular formula is C27H24O8. The molecule has 0 aromatic heterocycles. The van der Waals surface area contributed by atoms with Crippen LogP contribution in [0.5, 0.6) is 0 Å². The second-order valence-electron chi connectivity index (χ2n) is 8.02. The highest BCUT2D eigenvalue weighted by molar-refractivity contribution is 5.90. The lowest BCUT2D eigenvalue weighted by molar-refractivity contribution is -0.217. The molecule has 1 heterocycles. The van der Waals surface area contributed by atoms with E-state index >= 15 is 0 Å². The molecule has 0 spiro atoms. The first kappa shape index (κ1) is 24.1. The highest BCUT2D eigenvalue weighted by Gasteiger charge is 2.49. The van der Waals surface area contributed by atoms with Crippen molar-refractivity contribution in [2.75, 3.05) is 13.2 Å². The predicted molar refractivity (Wildman–Crippen MR) is 124 cm³/mol. The number of carbonyl (C=O) groups excluding carboxylic acids is 3. The Hall–Kier alpha value is -4.01. The fourth-order valence-electron chi connectivity index (χ4n) is 3.63. The van der Waals surface area contributed by atoms with Crippen LogP contribution in [0.25, 0.3) is 0 Å². The standard InChI is InChI=1S/C27H24O8/c28-24(19-10-4-1-5-11-19)32-17-23-22(34-26(30)21-14-8-3-9-15-21)16-27(31,35-23)18-33-25(29)20-12-6-2-7-13-20/h1-15,22-23,31H,16-18H2/t22-,23+,27?/m0/s1. The lowest BCUT2D eigenvalue weighted by Crippen LogP contribution is -2.36. The van der Waals surface area contributed by atoms with Crippen molar-refractivity contribution in [2.24, 2.45) is 0 Å². The summed E-state index contributed by atoms with van der Waals surface area (Å²) in [4.78, 5) is 37.3. The largest absolute Gasteiger partial charge is 0.459 e. The van der Waals surface area contributed by atoms with E-state index in [2.05, 4.69) is 0 Å². The molecule has 0 bridgehead atoms. The average Bonchev–Trinajstić information content (AvgIpc) is 3.22. The monoisotopic (exact) mass is 476 g/mol. The Labute approximate surface area is 202 Å². The number of ether oxygens (including phenoxy) is 4. The lowest BCUT2D eigenvalue weighted by atomic mass is 10.1. The summed E-state index contributed by atoms with van der Waals surface area (Å²) >= 11 is 0. The van der Waals surface area contributed by atoms with Crippen LogP contribution in [0.3, 0.4) is 0 Å². The van der Waals surface area contributed by atoms with E-state index in [4.69, 9.17) is 18.9 Å². The molecule has 4 rings (SSSR count). The number of esters is 3. The number of benzene rings is 3. The summed E-state index contributed by atoms with van der Waals surface area (Å²) in [5, 5.41) is 11.0. The fourth-order valence-corrected chi connectivity index (χ4v) is 3.63. The van der Waals surface area contributed by atoms with E-state index in [9.17, 15) is 19.5 Å². The molecule has 1 fully saturated rings. The smallest absolute Gasteiger partial charge is 0.338 e. The molecule has 8 nitrogen and oxygen atoms in total. The van der Waals surface area contributed by atoms with Gasteiger partial charge in [0.25, 0.3) is 0 Å². The molecule has 1 unspecified atom stereocenters. The van der Waals surface area contributed by atoms with Gasteiger partial charge in [-0.2, -0.15) is 0 Å². The van der Waals surface area contributed by atoms with Crippen LogP contribution in [0, 0.1) is 0 Å². The maximum atomic E-state index is 12.6. The van der Waals surface area contributed by atoms with E-state index in [0.717, 1.165) is 0 Å². The molecule has 1 aliphatic heterocycles. The Bertz CT molecular complexity index is 1150. The van der Waals surface area contributed by atoms with Gasteiger partial charge < -0.3 is 24.1 Å². The van der Waals surface area contributed by atoms with Gasteiger partial charge in [-0.25, -0.2) is 14.4 Å². The van der Waals surface area contributed by atoms with Crippen LogP contribution in [0.2, 0.25) is 0 Å². The van der Waals surface area contributed by atoms with Gasteiger partial charge in [0.1, 0.15) is 25.4 Å². The first-order valence-electron chi connectivity index (χ1n) is 11.0. The van der Waals surface area contributed by atoms with Crippen molar-refractivity contribution in [3.05, 3.63) is 108 Å². The molecule has 35 heavy (non-hydrogen) atoms. The van der Waals surface area contributed by atoms with Crippen LogP contribution in [-0.2, 0) is 18.9 Å². The van der Waals surface area contributed by atoms with E-state index in [1.165, 1.54) is 0 Å². The Kier molecular flexibility index (Phi) is 7.54. The molecule has 1 aliphatic rings. The molecule has 0 aliphatic carbocycles. The van der Waals surface area contributed by atoms with Crippen molar-refractivity contribution in [1.29, 1.82) is 0 Å². The van der Waals surface area contributed by atoms with E-state index in [1.54, 1.807) is 91.0 Å². The molecule has 8 heteroatoms. The second-order valence-corrected chi connectivity index (χ2v) is 8.02. The van der Waals surface area contributed by atoms with Crippen molar-refractivity contribution in [3.63, 3.8) is 0 Å². The first-order chi connectivity index (χ1) is 16.9. The van der Waals surface area contributed by atoms with Gasteiger partial charge in [-0.05, 0) is 36.4 Å². The van der Waals surface area contributed by atoms with E-state index in [-0.39, 0.29) is 13.0 Å². The molecule has 1 saturated heterocycles. The zero-order chi connectivity index (χ0) is 24.7. The molecule has 3 aromatic rings. The molecule has 3 atom stereocenters. The summed E-state index contributed by atoms with van der Waals surface area (Å²) in [5.74, 6) is -3.78. The number of aliphatic hydroxyl groups is 1. The minimum Gasteiger partial charge on any atom is -0.459 e. The predicted octanol–water partition coefficient (Wildman–Crippen LogP) is 3.40. The lowest BCUT2D eigenvalue weighted by Gasteiger charge is -2.22. The molecule has 3 aromatic carbocycles. The number of hydrogen-bond acceptors (Lipinski definition) is 8. The van der Waals surface area contributed by atoms with Crippen LogP contribution in [0.4, 0.5) is 0 Å². The zero-order valence-corrected chi connectivity index (χ0v) is 18.7. The van der Waals surface area contributed by atoms with Gasteiger partial charge in [-0.3, -0.25) is 0 Å². The SMILES string of the molecule is O=C(OC[C@H]1OC(O)(COC(=O)c2ccccc2)C[C@@H]1OC(=O)c1ccccc1)c1ccccc1. The van der Waals surface area contributed by atoms with Gasteiger partial charge in [0, 0.05) is 6.42 Å². The maximum Gasteiger partial charge on any atom is 0.338 e. The van der Waals surface area contributed by atoms with Crippen LogP contribution in [0.1, 0.15) is 37.5 Å². The third kappa shape index (κ3) is 6.32. The summed E-state index contributed by atoms with van der Waals surface area (Å²) in [7, 11) is 0. The number of rotatable bonds is 8. The maximum absolute atomic E-state index is 12.6. The highest BCUT2D eigenvalue weighted by atomic mass is 16.7. The molecule has 180 valence electrons. The van der Waals surface area contributed by atoms with Crippen molar-refractivity contribution in [1.82, 2.24) is 0 Å². The molecule has 0 radical (unpaired) electrons. The molecule has 1 N–H and O–H groups in total. The van der Waals surface area contributed by atoms with Gasteiger partial charge in [-0.1, -0.05) is 54.6 Å². The Morgan fingerprint density at radius 3 is 1.71 bits per heavy atom. The Balaban J connectivity index is 1.43. The van der Waals surface area contributed by atoms with Gasteiger partial charge in [-0.15, -0.1) is 0 Å². The first-order valence-corrected chi connectivity index (χ1v) is 11.0. The summed E-state index contributed by atoms with van der Waals surface area (Å²) < 4.78 is 21.9. The normalized spacial score (nSPS) is 21.2. The summed E-state index contributed by atoms with van der Waals surface area (Å²) in [6, 6.07) is 25.0. The van der Waals surface area contributed by atoms with E-state index in [0.29, 0.717) is 16.7 Å². The van der Waals surface area contributed by atoms with Crippen molar-refractivity contribution in [3.8, 4) is 0 Å². The molecule has 0 amide bonds. The van der Waals surface area contributed by atoms with Gasteiger partial charge >= 0.3 is 17.9 Å². The third-order valence-electron chi connectivity index (χ3n) is 5.40. The minimum atomic E-state index is -1.93. The fraction of sp³-hybridized carbons (Fsp3) is 0.222. The van der Waals surface area contributed by atoms with Crippen molar-refractivity contribution >= 4 is 17.9 Å². The highest BCUT2D eigenvalue weighted by Crippen LogP contribution is 2.32. The zero-order valence-electron chi connectivity index (χ0n) is 18.7. The summed E-state index contributed by atoms with van der Waals surface area (Å²) in [6.07, 6.45) is -2.11. The van der Waals surface area contributed by atoms with E-state index < -0.39 is 42.5 Å². The van der Waals surface area contributed by atoms with Gasteiger partial charge in [0.2, 0.25) is 5.79 Å². The van der Waals surface area contributed by atoms with Crippen molar-refractivity contribution in [2.45, 2.75) is 24.4 Å². The summed E-state index contributed by atoms with van der Waals surface area (Å²) in [5.41, 5.74) is 0.975. The number of hydrogen-bond donors (Lipinski definition) is 1. The van der Waals surface area contributed by atoms with Crippen LogP contribution < -0.4 is 0 Å². The van der Waals surface area contributed by atoms with Crippen LogP contribution in [-0.4, -0.2) is 54.2 Å². The van der Waals surface area contributed by atoms with Gasteiger partial charge in [0.05, 0.1) is 16.7 Å². The Morgan fingerprint density at radius 1 is 0.743 bits per heavy atom. The minimum absolute atomic E-state index is 0.179. The number of carbonyl (C=O) groups is 3. The van der Waals surface area contributed by atoms with Gasteiger partial charge in [0.15, 0.2) is 0 Å². The average molecular weight is 476 g/mol. The third-order valence-corrected chi connectivity index (χ3v) is 5.40.